The second-order valence-electron chi connectivity index (χ2n) is 13.4. The number of hydrogen-bond acceptors (Lipinski definition) is 2. The average molecular weight is 417 g/mol. The third-order valence-electron chi connectivity index (χ3n) is 10.5. The van der Waals surface area contributed by atoms with Crippen molar-refractivity contribution in [1.29, 1.82) is 0 Å². The highest BCUT2D eigenvalue weighted by molar-refractivity contribution is 6.74. The van der Waals surface area contributed by atoms with Crippen LogP contribution in [0.4, 0.5) is 0 Å². The number of allylic oxidation sites excluding steroid dienone is 2. The lowest BCUT2D eigenvalue weighted by atomic mass is 9.56. The van der Waals surface area contributed by atoms with E-state index in [2.05, 4.69) is 74.6 Å². The SMILES string of the molecule is C[C@@H]1C[C@@H]2CC(=O)C=C2[C@]2(C)[C@@H]([C@@H]1O[Si](C)(C)C(C)(C)C)[C@H]1[C@@H](C[C@H]2C)C1(C)C. The number of fused-ring (bicyclic) bond motifs is 5. The molecule has 3 saturated carbocycles. The molecule has 0 aromatic heterocycles. The van der Waals surface area contributed by atoms with Crippen molar-refractivity contribution in [2.24, 2.45) is 46.3 Å². The van der Waals surface area contributed by atoms with Crippen LogP contribution in [0.2, 0.25) is 18.1 Å². The molecule has 3 heteroatoms. The molecule has 0 spiro atoms. The van der Waals surface area contributed by atoms with E-state index in [0.717, 1.165) is 24.7 Å². The molecule has 0 radical (unpaired) electrons. The van der Waals surface area contributed by atoms with Gasteiger partial charge < -0.3 is 4.43 Å². The summed E-state index contributed by atoms with van der Waals surface area (Å²) in [7, 11) is -1.88. The standard InChI is InChI=1S/C26H44O2Si/c1-15-11-17-13-18(27)14-19(17)26(8)16(2)12-20-21(25(20,6)7)22(26)23(15)28-29(9,10)24(3,4)5/h14-17,20-23H,11-13H2,1-10H3/t15-,16-,17-,20-,21-,22-,23-,26-/m1/s1. The van der Waals surface area contributed by atoms with Crippen molar-refractivity contribution in [3.8, 4) is 0 Å². The highest BCUT2D eigenvalue weighted by Gasteiger charge is 2.72. The summed E-state index contributed by atoms with van der Waals surface area (Å²) in [5.74, 6) is 4.03. The fourth-order valence-electron chi connectivity index (χ4n) is 7.45. The van der Waals surface area contributed by atoms with Crippen molar-refractivity contribution in [3.63, 3.8) is 0 Å². The molecule has 0 aromatic rings. The Balaban J connectivity index is 1.84. The molecule has 8 atom stereocenters. The quantitative estimate of drug-likeness (QED) is 0.459. The molecule has 0 amide bonds. The lowest BCUT2D eigenvalue weighted by Gasteiger charge is -2.52. The number of hydrogen-bond donors (Lipinski definition) is 0. The summed E-state index contributed by atoms with van der Waals surface area (Å²) in [5.41, 5.74) is 2.01. The Morgan fingerprint density at radius 2 is 1.69 bits per heavy atom. The highest BCUT2D eigenvalue weighted by Crippen LogP contribution is 2.76. The van der Waals surface area contributed by atoms with Crippen molar-refractivity contribution < 1.29 is 9.22 Å². The van der Waals surface area contributed by atoms with Crippen LogP contribution in [-0.2, 0) is 9.22 Å². The van der Waals surface area contributed by atoms with Crippen molar-refractivity contribution in [1.82, 2.24) is 0 Å². The first kappa shape index (κ1) is 21.8. The van der Waals surface area contributed by atoms with Gasteiger partial charge in [0.2, 0.25) is 0 Å². The zero-order chi connectivity index (χ0) is 21.7. The monoisotopic (exact) mass is 416 g/mol. The molecule has 0 heterocycles. The smallest absolute Gasteiger partial charge is 0.192 e. The van der Waals surface area contributed by atoms with E-state index < -0.39 is 8.32 Å². The van der Waals surface area contributed by atoms with E-state index in [4.69, 9.17) is 4.43 Å². The van der Waals surface area contributed by atoms with Crippen LogP contribution in [0.5, 0.6) is 0 Å². The van der Waals surface area contributed by atoms with Crippen LogP contribution >= 0.6 is 0 Å². The second kappa shape index (κ2) is 6.31. The van der Waals surface area contributed by atoms with Crippen LogP contribution in [0.1, 0.15) is 74.7 Å². The van der Waals surface area contributed by atoms with E-state index >= 15 is 0 Å². The van der Waals surface area contributed by atoms with Gasteiger partial charge in [-0.05, 0) is 83.4 Å². The maximum atomic E-state index is 12.5. The molecule has 0 aliphatic heterocycles. The van der Waals surface area contributed by atoms with E-state index in [0.29, 0.717) is 41.0 Å². The van der Waals surface area contributed by atoms with Crippen LogP contribution in [0, 0.1) is 46.3 Å². The van der Waals surface area contributed by atoms with E-state index in [1.54, 1.807) is 0 Å². The van der Waals surface area contributed by atoms with Crippen LogP contribution in [0.25, 0.3) is 0 Å². The van der Waals surface area contributed by atoms with Crippen LogP contribution in [-0.4, -0.2) is 20.2 Å². The van der Waals surface area contributed by atoms with Crippen LogP contribution < -0.4 is 0 Å². The number of carbonyl (C=O) groups is 1. The predicted octanol–water partition coefficient (Wildman–Crippen LogP) is 6.87. The largest absolute Gasteiger partial charge is 0.413 e. The fraction of sp³-hybridized carbons (Fsp3) is 0.885. The van der Waals surface area contributed by atoms with Crippen molar-refractivity contribution in [3.05, 3.63) is 11.6 Å². The summed E-state index contributed by atoms with van der Waals surface area (Å²) in [6.07, 6.45) is 5.56. The first-order valence-electron chi connectivity index (χ1n) is 12.0. The fourth-order valence-corrected chi connectivity index (χ4v) is 8.86. The van der Waals surface area contributed by atoms with Gasteiger partial charge in [0.05, 0.1) is 6.10 Å². The maximum absolute atomic E-state index is 12.5. The third-order valence-corrected chi connectivity index (χ3v) is 15.0. The van der Waals surface area contributed by atoms with Gasteiger partial charge in [-0.1, -0.05) is 61.0 Å². The molecule has 4 aliphatic rings. The first-order chi connectivity index (χ1) is 13.1. The summed E-state index contributed by atoms with van der Waals surface area (Å²) in [5, 5.41) is 0.222. The summed E-state index contributed by atoms with van der Waals surface area (Å²) >= 11 is 0. The number of ketones is 1. The Hall–Kier alpha value is -0.413. The predicted molar refractivity (Wildman–Crippen MR) is 123 cm³/mol. The minimum absolute atomic E-state index is 0.101. The van der Waals surface area contributed by atoms with E-state index in [-0.39, 0.29) is 10.5 Å². The Morgan fingerprint density at radius 3 is 2.28 bits per heavy atom. The zero-order valence-corrected chi connectivity index (χ0v) is 21.6. The van der Waals surface area contributed by atoms with Gasteiger partial charge in [0.25, 0.3) is 0 Å². The molecular formula is C26H44O2Si. The van der Waals surface area contributed by atoms with Crippen molar-refractivity contribution >= 4 is 14.1 Å². The van der Waals surface area contributed by atoms with Gasteiger partial charge >= 0.3 is 0 Å². The molecule has 164 valence electrons. The highest BCUT2D eigenvalue weighted by atomic mass is 28.4. The average Bonchev–Trinajstić information content (AvgIpc) is 2.93. The summed E-state index contributed by atoms with van der Waals surface area (Å²) in [6.45, 7) is 24.3. The zero-order valence-electron chi connectivity index (χ0n) is 20.6. The Labute approximate surface area is 180 Å². The van der Waals surface area contributed by atoms with E-state index in [1.165, 1.54) is 12.0 Å². The Kier molecular flexibility index (Phi) is 4.75. The van der Waals surface area contributed by atoms with Gasteiger partial charge in [-0.25, -0.2) is 0 Å². The van der Waals surface area contributed by atoms with Crippen molar-refractivity contribution in [2.45, 2.75) is 98.9 Å². The van der Waals surface area contributed by atoms with E-state index in [1.807, 2.05) is 0 Å². The van der Waals surface area contributed by atoms with Gasteiger partial charge in [0.15, 0.2) is 14.1 Å². The molecule has 0 aromatic carbocycles. The lowest BCUT2D eigenvalue weighted by molar-refractivity contribution is -0.114. The summed E-state index contributed by atoms with van der Waals surface area (Å²) in [6, 6.07) is 0. The van der Waals surface area contributed by atoms with Gasteiger partial charge in [-0.3, -0.25) is 4.79 Å². The van der Waals surface area contributed by atoms with Gasteiger partial charge in [-0.15, -0.1) is 0 Å². The molecule has 0 unspecified atom stereocenters. The van der Waals surface area contributed by atoms with E-state index in [9.17, 15) is 4.79 Å². The Bertz CT molecular complexity index is 742. The molecule has 4 aliphatic carbocycles. The maximum Gasteiger partial charge on any atom is 0.192 e. The minimum Gasteiger partial charge on any atom is -0.413 e. The van der Waals surface area contributed by atoms with Gasteiger partial charge in [0.1, 0.15) is 0 Å². The third kappa shape index (κ3) is 3.00. The van der Waals surface area contributed by atoms with Crippen molar-refractivity contribution in [2.75, 3.05) is 0 Å². The Morgan fingerprint density at radius 1 is 1.07 bits per heavy atom. The number of rotatable bonds is 2. The van der Waals surface area contributed by atoms with Crippen LogP contribution in [0.15, 0.2) is 11.6 Å². The summed E-state index contributed by atoms with van der Waals surface area (Å²) in [4.78, 5) is 12.5. The molecule has 2 nitrogen and oxygen atoms in total. The van der Waals surface area contributed by atoms with Gasteiger partial charge in [0, 0.05) is 6.42 Å². The second-order valence-corrected chi connectivity index (χ2v) is 18.2. The molecule has 3 fully saturated rings. The molecule has 0 N–H and O–H groups in total. The van der Waals surface area contributed by atoms with Crippen LogP contribution in [0.3, 0.4) is 0 Å². The topological polar surface area (TPSA) is 26.3 Å². The van der Waals surface area contributed by atoms with Gasteiger partial charge in [-0.2, -0.15) is 0 Å². The molecular weight excluding hydrogens is 372 g/mol. The number of carbonyl (C=O) groups excluding carboxylic acids is 1. The minimum atomic E-state index is -1.88. The summed E-state index contributed by atoms with van der Waals surface area (Å²) < 4.78 is 7.33. The first-order valence-corrected chi connectivity index (χ1v) is 15.0. The molecule has 29 heavy (non-hydrogen) atoms. The molecule has 4 rings (SSSR count). The molecule has 0 saturated heterocycles. The lowest BCUT2D eigenvalue weighted by Crippen LogP contribution is -2.53. The molecule has 0 bridgehead atoms. The normalized spacial score (nSPS) is 46.3.